The number of carbonyl (C=O) groups excluding carboxylic acids is 3. The maximum Gasteiger partial charge on any atom is 0.238 e. The third-order valence-corrected chi connectivity index (χ3v) is 5.08. The summed E-state index contributed by atoms with van der Waals surface area (Å²) in [6.07, 6.45) is 2.18. The highest BCUT2D eigenvalue weighted by atomic mass is 16.7. The Labute approximate surface area is 170 Å². The predicted octanol–water partition coefficient (Wildman–Crippen LogP) is 2.18. The first-order valence-corrected chi connectivity index (χ1v) is 10.1. The van der Waals surface area contributed by atoms with Crippen LogP contribution in [0, 0.1) is 5.92 Å². The van der Waals surface area contributed by atoms with Gasteiger partial charge < -0.3 is 20.1 Å². The molecular formula is C21H29N3O5. The molecule has 0 radical (unpaired) electrons. The zero-order valence-corrected chi connectivity index (χ0v) is 17.2. The molecule has 1 aromatic carbocycles. The van der Waals surface area contributed by atoms with Crippen molar-refractivity contribution < 1.29 is 23.9 Å². The highest BCUT2D eigenvalue weighted by Crippen LogP contribution is 2.37. The van der Waals surface area contributed by atoms with E-state index in [1.165, 1.54) is 6.92 Å². The molecule has 0 unspecified atom stereocenters. The predicted molar refractivity (Wildman–Crippen MR) is 108 cm³/mol. The number of ether oxygens (including phenoxy) is 2. The standard InChI is InChI=1S/C21H29N3O5/c1-13(2)8-20(26)22-15-4-6-24(7-5-15)11-21(27)23-17-10-19-18(28-12-29-19)9-16(17)14(3)25/h9-10,13,15H,4-8,11-12H2,1-3H3,(H,22,26)(H,23,27). The van der Waals surface area contributed by atoms with Crippen molar-refractivity contribution in [3.05, 3.63) is 17.7 Å². The van der Waals surface area contributed by atoms with Crippen LogP contribution in [0.15, 0.2) is 12.1 Å². The van der Waals surface area contributed by atoms with Crippen molar-refractivity contribution in [2.75, 3.05) is 31.7 Å². The number of nitrogens with zero attached hydrogens (tertiary/aromatic N) is 1. The normalized spacial score (nSPS) is 16.7. The number of amides is 2. The summed E-state index contributed by atoms with van der Waals surface area (Å²) in [5, 5.41) is 5.91. The van der Waals surface area contributed by atoms with Gasteiger partial charge in [-0.15, -0.1) is 0 Å². The number of anilines is 1. The summed E-state index contributed by atoms with van der Waals surface area (Å²) in [6, 6.07) is 3.40. The molecule has 2 aliphatic rings. The highest BCUT2D eigenvalue weighted by Gasteiger charge is 2.24. The first kappa shape index (κ1) is 21.1. The molecular weight excluding hydrogens is 374 g/mol. The lowest BCUT2D eigenvalue weighted by molar-refractivity contribution is -0.123. The van der Waals surface area contributed by atoms with E-state index in [0.717, 1.165) is 25.9 Å². The van der Waals surface area contributed by atoms with Crippen molar-refractivity contribution in [3.8, 4) is 11.5 Å². The molecule has 0 spiro atoms. The molecule has 29 heavy (non-hydrogen) atoms. The Kier molecular flexibility index (Phi) is 6.74. The zero-order valence-electron chi connectivity index (χ0n) is 17.2. The molecule has 2 N–H and O–H groups in total. The van der Waals surface area contributed by atoms with Gasteiger partial charge in [0.25, 0.3) is 0 Å². The molecule has 0 saturated carbocycles. The molecule has 8 heteroatoms. The summed E-state index contributed by atoms with van der Waals surface area (Å²) in [7, 11) is 0. The third-order valence-electron chi connectivity index (χ3n) is 5.08. The Morgan fingerprint density at radius 3 is 2.38 bits per heavy atom. The van der Waals surface area contributed by atoms with Crippen molar-refractivity contribution in [2.45, 2.75) is 46.1 Å². The van der Waals surface area contributed by atoms with Crippen molar-refractivity contribution in [1.29, 1.82) is 0 Å². The van der Waals surface area contributed by atoms with E-state index in [9.17, 15) is 14.4 Å². The largest absolute Gasteiger partial charge is 0.454 e. The van der Waals surface area contributed by atoms with E-state index < -0.39 is 0 Å². The number of hydrogen-bond donors (Lipinski definition) is 2. The van der Waals surface area contributed by atoms with Gasteiger partial charge in [0.1, 0.15) is 0 Å². The average Bonchev–Trinajstić information content (AvgIpc) is 3.09. The first-order chi connectivity index (χ1) is 13.8. The summed E-state index contributed by atoms with van der Waals surface area (Å²) >= 11 is 0. The summed E-state index contributed by atoms with van der Waals surface area (Å²) in [4.78, 5) is 38.4. The summed E-state index contributed by atoms with van der Waals surface area (Å²) in [5.41, 5.74) is 0.830. The summed E-state index contributed by atoms with van der Waals surface area (Å²) in [6.45, 7) is 7.31. The molecule has 1 saturated heterocycles. The van der Waals surface area contributed by atoms with Crippen LogP contribution >= 0.6 is 0 Å². The lowest BCUT2D eigenvalue weighted by Crippen LogP contribution is -2.46. The number of fused-ring (bicyclic) bond motifs is 1. The molecule has 0 aromatic heterocycles. The van der Waals surface area contributed by atoms with Crippen LogP contribution in [-0.2, 0) is 9.59 Å². The maximum absolute atomic E-state index is 12.5. The number of piperidine rings is 1. The van der Waals surface area contributed by atoms with Crippen LogP contribution in [0.5, 0.6) is 11.5 Å². The number of hydrogen-bond acceptors (Lipinski definition) is 6. The van der Waals surface area contributed by atoms with Gasteiger partial charge in [0.05, 0.1) is 12.2 Å². The van der Waals surface area contributed by atoms with E-state index in [4.69, 9.17) is 9.47 Å². The van der Waals surface area contributed by atoms with E-state index in [1.807, 2.05) is 13.8 Å². The fourth-order valence-electron chi connectivity index (χ4n) is 3.62. The molecule has 3 rings (SSSR count). The molecule has 0 atom stereocenters. The number of rotatable bonds is 7. The van der Waals surface area contributed by atoms with Gasteiger partial charge in [-0.05, 0) is 31.7 Å². The molecule has 2 amide bonds. The SMILES string of the molecule is CC(=O)c1cc2c(cc1NC(=O)CN1CCC(NC(=O)CC(C)C)CC1)OCO2. The topological polar surface area (TPSA) is 97.0 Å². The quantitative estimate of drug-likeness (QED) is 0.678. The lowest BCUT2D eigenvalue weighted by Gasteiger charge is -2.32. The van der Waals surface area contributed by atoms with Gasteiger partial charge in [-0.25, -0.2) is 0 Å². The van der Waals surface area contributed by atoms with Crippen LogP contribution in [0.25, 0.3) is 0 Å². The Morgan fingerprint density at radius 1 is 1.10 bits per heavy atom. The Hall–Kier alpha value is -2.61. The van der Waals surface area contributed by atoms with E-state index >= 15 is 0 Å². The summed E-state index contributed by atoms with van der Waals surface area (Å²) in [5.74, 6) is 1.12. The Morgan fingerprint density at radius 2 is 1.76 bits per heavy atom. The molecule has 1 aromatic rings. The average molecular weight is 403 g/mol. The molecule has 0 aliphatic carbocycles. The zero-order chi connectivity index (χ0) is 21.0. The van der Waals surface area contributed by atoms with Crippen LogP contribution in [0.4, 0.5) is 5.69 Å². The number of ketones is 1. The smallest absolute Gasteiger partial charge is 0.238 e. The van der Waals surface area contributed by atoms with Crippen LogP contribution in [0.2, 0.25) is 0 Å². The van der Waals surface area contributed by atoms with Gasteiger partial charge in [-0.1, -0.05) is 13.8 Å². The minimum absolute atomic E-state index is 0.0933. The third kappa shape index (κ3) is 5.69. The monoisotopic (exact) mass is 403 g/mol. The van der Waals surface area contributed by atoms with Gasteiger partial charge >= 0.3 is 0 Å². The van der Waals surface area contributed by atoms with Crippen LogP contribution in [-0.4, -0.2) is 55.0 Å². The Bertz CT molecular complexity index is 785. The minimum Gasteiger partial charge on any atom is -0.454 e. The number of nitrogens with one attached hydrogen (secondary N) is 2. The number of carbonyl (C=O) groups is 3. The van der Waals surface area contributed by atoms with Crippen LogP contribution in [0.3, 0.4) is 0 Å². The molecule has 0 bridgehead atoms. The molecule has 158 valence electrons. The van der Waals surface area contributed by atoms with E-state index in [0.29, 0.717) is 35.1 Å². The van der Waals surface area contributed by atoms with Crippen molar-refractivity contribution in [1.82, 2.24) is 10.2 Å². The number of benzene rings is 1. The van der Waals surface area contributed by atoms with Gasteiger partial charge in [0.2, 0.25) is 18.6 Å². The van der Waals surface area contributed by atoms with Gasteiger partial charge in [-0.2, -0.15) is 0 Å². The highest BCUT2D eigenvalue weighted by molar-refractivity contribution is 6.05. The van der Waals surface area contributed by atoms with Crippen molar-refractivity contribution in [3.63, 3.8) is 0 Å². The Balaban J connectivity index is 1.51. The van der Waals surface area contributed by atoms with Crippen molar-refractivity contribution >= 4 is 23.3 Å². The first-order valence-electron chi connectivity index (χ1n) is 10.1. The van der Waals surface area contributed by atoms with Gasteiger partial charge in [0.15, 0.2) is 17.3 Å². The van der Waals surface area contributed by atoms with E-state index in [-0.39, 0.29) is 37.0 Å². The maximum atomic E-state index is 12.5. The van der Waals surface area contributed by atoms with Gasteiger partial charge in [-0.3, -0.25) is 19.3 Å². The lowest BCUT2D eigenvalue weighted by atomic mass is 10.0. The molecule has 8 nitrogen and oxygen atoms in total. The number of likely N-dealkylation sites (tertiary alicyclic amines) is 1. The van der Waals surface area contributed by atoms with E-state index in [1.54, 1.807) is 12.1 Å². The fraction of sp³-hybridized carbons (Fsp3) is 0.571. The van der Waals surface area contributed by atoms with Gasteiger partial charge in [0, 0.05) is 37.2 Å². The molecule has 2 heterocycles. The minimum atomic E-state index is -0.186. The van der Waals surface area contributed by atoms with Crippen molar-refractivity contribution in [2.24, 2.45) is 5.92 Å². The second-order valence-corrected chi connectivity index (χ2v) is 8.07. The number of Topliss-reactive ketones (excluding diaryl/α,β-unsaturated/α-hetero) is 1. The molecule has 1 fully saturated rings. The van der Waals surface area contributed by atoms with E-state index in [2.05, 4.69) is 15.5 Å². The van der Waals surface area contributed by atoms with Crippen LogP contribution in [0.1, 0.15) is 50.4 Å². The second-order valence-electron chi connectivity index (χ2n) is 8.07. The molecule has 2 aliphatic heterocycles. The summed E-state index contributed by atoms with van der Waals surface area (Å²) < 4.78 is 10.6. The second kappa shape index (κ2) is 9.26. The van der Waals surface area contributed by atoms with Crippen LogP contribution < -0.4 is 20.1 Å². The fourth-order valence-corrected chi connectivity index (χ4v) is 3.62.